The van der Waals surface area contributed by atoms with Crippen LogP contribution in [-0.4, -0.2) is 13.2 Å². The second kappa shape index (κ2) is 6.14. The molecule has 0 aliphatic rings. The Hall–Kier alpha value is -2.16. The molecule has 0 heterocycles. The first-order chi connectivity index (χ1) is 9.15. The molecule has 0 aliphatic carbocycles. The smallest absolute Gasteiger partial charge is 0.119 e. The van der Waals surface area contributed by atoms with E-state index in [-0.39, 0.29) is 0 Å². The Morgan fingerprint density at radius 2 is 1.95 bits per heavy atom. The van der Waals surface area contributed by atoms with E-state index in [1.54, 1.807) is 0 Å². The summed E-state index contributed by atoms with van der Waals surface area (Å²) in [5.41, 5.74) is 10.00. The third kappa shape index (κ3) is 3.91. The van der Waals surface area contributed by atoms with Crippen LogP contribution in [0.5, 0.6) is 5.75 Å². The van der Waals surface area contributed by atoms with E-state index in [1.807, 2.05) is 43.3 Å². The van der Waals surface area contributed by atoms with Crippen molar-refractivity contribution in [2.75, 3.05) is 24.2 Å². The standard InChI is InChI=1S/C16H20N2O/c1-12-4-3-5-15(10-12)19-9-8-18-14-7-6-13(2)16(17)11-14/h3-7,10-11,18H,8-9,17H2,1-2H3. The van der Waals surface area contributed by atoms with Crippen LogP contribution < -0.4 is 15.8 Å². The number of aryl methyl sites for hydroxylation is 2. The van der Waals surface area contributed by atoms with Crippen molar-refractivity contribution in [3.05, 3.63) is 53.6 Å². The Labute approximate surface area is 114 Å². The van der Waals surface area contributed by atoms with Crippen molar-refractivity contribution >= 4 is 11.4 Å². The topological polar surface area (TPSA) is 47.3 Å². The van der Waals surface area contributed by atoms with Gasteiger partial charge in [0, 0.05) is 17.9 Å². The van der Waals surface area contributed by atoms with E-state index < -0.39 is 0 Å². The van der Waals surface area contributed by atoms with Crippen molar-refractivity contribution in [2.24, 2.45) is 0 Å². The van der Waals surface area contributed by atoms with Crippen molar-refractivity contribution in [3.8, 4) is 5.75 Å². The highest BCUT2D eigenvalue weighted by molar-refractivity contribution is 5.58. The van der Waals surface area contributed by atoms with Crippen molar-refractivity contribution in [1.82, 2.24) is 0 Å². The van der Waals surface area contributed by atoms with Gasteiger partial charge in [0.1, 0.15) is 12.4 Å². The summed E-state index contributed by atoms with van der Waals surface area (Å²) >= 11 is 0. The summed E-state index contributed by atoms with van der Waals surface area (Å²) < 4.78 is 5.67. The zero-order chi connectivity index (χ0) is 13.7. The second-order valence-electron chi connectivity index (χ2n) is 4.66. The Kier molecular flexibility index (Phi) is 4.29. The fourth-order valence-corrected chi connectivity index (χ4v) is 1.82. The molecule has 3 heteroatoms. The van der Waals surface area contributed by atoms with E-state index >= 15 is 0 Å². The van der Waals surface area contributed by atoms with Crippen molar-refractivity contribution in [1.29, 1.82) is 0 Å². The van der Waals surface area contributed by atoms with E-state index in [0.717, 1.165) is 29.2 Å². The molecule has 3 nitrogen and oxygen atoms in total. The van der Waals surface area contributed by atoms with Gasteiger partial charge in [0.2, 0.25) is 0 Å². The summed E-state index contributed by atoms with van der Waals surface area (Å²) in [6, 6.07) is 14.0. The average molecular weight is 256 g/mol. The molecule has 0 aliphatic heterocycles. The van der Waals surface area contributed by atoms with Crippen LogP contribution in [0.2, 0.25) is 0 Å². The minimum absolute atomic E-state index is 0.622. The number of rotatable bonds is 5. The Bertz CT molecular complexity index is 552. The summed E-state index contributed by atoms with van der Waals surface area (Å²) in [5.74, 6) is 0.908. The van der Waals surface area contributed by atoms with Crippen molar-refractivity contribution in [2.45, 2.75) is 13.8 Å². The van der Waals surface area contributed by atoms with Crippen LogP contribution in [0.3, 0.4) is 0 Å². The molecule has 3 N–H and O–H groups in total. The predicted octanol–water partition coefficient (Wildman–Crippen LogP) is 3.38. The minimum atomic E-state index is 0.622. The second-order valence-corrected chi connectivity index (χ2v) is 4.66. The Morgan fingerprint density at radius 1 is 1.11 bits per heavy atom. The molecule has 2 aromatic rings. The number of hydrogen-bond acceptors (Lipinski definition) is 3. The van der Waals surface area contributed by atoms with Crippen LogP contribution >= 0.6 is 0 Å². The first-order valence-corrected chi connectivity index (χ1v) is 6.44. The van der Waals surface area contributed by atoms with Crippen molar-refractivity contribution < 1.29 is 4.74 Å². The molecule has 0 fully saturated rings. The van der Waals surface area contributed by atoms with Crippen LogP contribution in [-0.2, 0) is 0 Å². The van der Waals surface area contributed by atoms with E-state index in [0.29, 0.717) is 6.61 Å². The normalized spacial score (nSPS) is 10.2. The molecule has 2 aromatic carbocycles. The van der Waals surface area contributed by atoms with Crippen LogP contribution in [0.1, 0.15) is 11.1 Å². The van der Waals surface area contributed by atoms with Crippen LogP contribution in [0, 0.1) is 13.8 Å². The summed E-state index contributed by atoms with van der Waals surface area (Å²) in [4.78, 5) is 0. The number of benzene rings is 2. The van der Waals surface area contributed by atoms with Gasteiger partial charge in [0.15, 0.2) is 0 Å². The maximum atomic E-state index is 5.86. The number of ether oxygens (including phenoxy) is 1. The lowest BCUT2D eigenvalue weighted by atomic mass is 10.2. The zero-order valence-electron chi connectivity index (χ0n) is 11.4. The molecule has 0 amide bonds. The number of hydrogen-bond donors (Lipinski definition) is 2. The third-order valence-electron chi connectivity index (χ3n) is 2.97. The number of nitrogens with two attached hydrogens (primary N) is 1. The Balaban J connectivity index is 1.79. The molecule has 0 spiro atoms. The van der Waals surface area contributed by atoms with E-state index in [2.05, 4.69) is 18.3 Å². The molecule has 100 valence electrons. The molecule has 2 rings (SSSR count). The molecule has 0 unspecified atom stereocenters. The van der Waals surface area contributed by atoms with Gasteiger partial charge >= 0.3 is 0 Å². The van der Waals surface area contributed by atoms with Gasteiger partial charge in [0.05, 0.1) is 0 Å². The zero-order valence-corrected chi connectivity index (χ0v) is 11.4. The monoisotopic (exact) mass is 256 g/mol. The van der Waals surface area contributed by atoms with E-state index in [9.17, 15) is 0 Å². The van der Waals surface area contributed by atoms with Crippen molar-refractivity contribution in [3.63, 3.8) is 0 Å². The summed E-state index contributed by atoms with van der Waals surface area (Å²) in [6.45, 7) is 5.42. The van der Waals surface area contributed by atoms with Gasteiger partial charge in [-0.2, -0.15) is 0 Å². The van der Waals surface area contributed by atoms with Gasteiger partial charge in [-0.05, 0) is 49.2 Å². The molecule has 19 heavy (non-hydrogen) atoms. The van der Waals surface area contributed by atoms with Crippen LogP contribution in [0.15, 0.2) is 42.5 Å². The fraction of sp³-hybridized carbons (Fsp3) is 0.250. The highest BCUT2D eigenvalue weighted by Crippen LogP contribution is 2.16. The summed E-state index contributed by atoms with van der Waals surface area (Å²) in [5, 5.41) is 3.29. The summed E-state index contributed by atoms with van der Waals surface area (Å²) in [6.07, 6.45) is 0. The lowest BCUT2D eigenvalue weighted by Crippen LogP contribution is -2.11. The maximum absolute atomic E-state index is 5.86. The average Bonchev–Trinajstić information content (AvgIpc) is 2.39. The van der Waals surface area contributed by atoms with Crippen LogP contribution in [0.4, 0.5) is 11.4 Å². The lowest BCUT2D eigenvalue weighted by molar-refractivity contribution is 0.332. The lowest BCUT2D eigenvalue weighted by Gasteiger charge is -2.10. The van der Waals surface area contributed by atoms with Crippen LogP contribution in [0.25, 0.3) is 0 Å². The molecule has 0 saturated carbocycles. The van der Waals surface area contributed by atoms with E-state index in [1.165, 1.54) is 5.56 Å². The van der Waals surface area contributed by atoms with Gasteiger partial charge in [0.25, 0.3) is 0 Å². The van der Waals surface area contributed by atoms with Gasteiger partial charge in [-0.3, -0.25) is 0 Å². The maximum Gasteiger partial charge on any atom is 0.119 e. The summed E-state index contributed by atoms with van der Waals surface area (Å²) in [7, 11) is 0. The molecule has 0 atom stereocenters. The molecular weight excluding hydrogens is 236 g/mol. The minimum Gasteiger partial charge on any atom is -0.492 e. The number of nitrogens with one attached hydrogen (secondary N) is 1. The van der Waals surface area contributed by atoms with E-state index in [4.69, 9.17) is 10.5 Å². The Morgan fingerprint density at radius 3 is 2.68 bits per heavy atom. The highest BCUT2D eigenvalue weighted by atomic mass is 16.5. The number of anilines is 2. The quantitative estimate of drug-likeness (QED) is 0.637. The van der Waals surface area contributed by atoms with Gasteiger partial charge < -0.3 is 15.8 Å². The fourth-order valence-electron chi connectivity index (χ4n) is 1.82. The predicted molar refractivity (Wildman–Crippen MR) is 80.8 cm³/mol. The molecule has 0 bridgehead atoms. The molecular formula is C16H20N2O. The number of nitrogen functional groups attached to an aromatic ring is 1. The third-order valence-corrected chi connectivity index (χ3v) is 2.97. The first kappa shape index (κ1) is 13.3. The largest absolute Gasteiger partial charge is 0.492 e. The molecule has 0 saturated heterocycles. The van der Waals surface area contributed by atoms with Gasteiger partial charge in [-0.25, -0.2) is 0 Å². The first-order valence-electron chi connectivity index (χ1n) is 6.44. The van der Waals surface area contributed by atoms with Gasteiger partial charge in [-0.1, -0.05) is 18.2 Å². The highest BCUT2D eigenvalue weighted by Gasteiger charge is 1.97. The SMILES string of the molecule is Cc1cccc(OCCNc2ccc(C)c(N)c2)c1. The van der Waals surface area contributed by atoms with Gasteiger partial charge in [-0.15, -0.1) is 0 Å². The molecule has 0 radical (unpaired) electrons. The molecule has 0 aromatic heterocycles.